The summed E-state index contributed by atoms with van der Waals surface area (Å²) in [6, 6.07) is 1.81. The molecular formula is C7H3F3INO2. The zero-order valence-corrected chi connectivity index (χ0v) is 8.63. The lowest BCUT2D eigenvalue weighted by Crippen LogP contribution is -2.12. The number of rotatable bonds is 1. The number of alkyl halides is 3. The number of nitrogens with zero attached hydrogens (tertiary/aromatic N) is 1. The normalized spacial score (nSPS) is 11.4. The number of aromatic nitrogens is 1. The van der Waals surface area contributed by atoms with Crippen LogP contribution in [0.5, 0.6) is 0 Å². The van der Waals surface area contributed by atoms with Crippen LogP contribution in [0.15, 0.2) is 12.1 Å². The van der Waals surface area contributed by atoms with E-state index in [1.165, 1.54) is 0 Å². The Balaban J connectivity index is 3.27. The molecule has 0 amide bonds. The van der Waals surface area contributed by atoms with Gasteiger partial charge < -0.3 is 5.11 Å². The van der Waals surface area contributed by atoms with Crippen molar-refractivity contribution in [2.45, 2.75) is 6.18 Å². The zero-order valence-electron chi connectivity index (χ0n) is 6.47. The Morgan fingerprint density at radius 2 is 2.00 bits per heavy atom. The van der Waals surface area contributed by atoms with E-state index in [1.807, 2.05) is 0 Å². The molecule has 1 aromatic rings. The molecule has 1 aromatic heterocycles. The van der Waals surface area contributed by atoms with Gasteiger partial charge in [-0.25, -0.2) is 9.78 Å². The number of halogens is 4. The van der Waals surface area contributed by atoms with Crippen molar-refractivity contribution in [3.63, 3.8) is 0 Å². The summed E-state index contributed by atoms with van der Waals surface area (Å²) < 4.78 is 36.5. The Morgan fingerprint density at radius 3 is 2.43 bits per heavy atom. The summed E-state index contributed by atoms with van der Waals surface area (Å²) in [5.41, 5.74) is -1.78. The molecular weight excluding hydrogens is 314 g/mol. The number of carboxylic acid groups (broad SMARTS) is 1. The summed E-state index contributed by atoms with van der Waals surface area (Å²) in [6.45, 7) is 0. The average Bonchev–Trinajstić information content (AvgIpc) is 2.02. The zero-order chi connectivity index (χ0) is 10.9. The van der Waals surface area contributed by atoms with Crippen molar-refractivity contribution >= 4 is 28.6 Å². The number of hydrogen-bond donors (Lipinski definition) is 1. The molecule has 1 heterocycles. The molecule has 0 aliphatic heterocycles. The molecule has 0 atom stereocenters. The standard InChI is InChI=1S/C7H3F3INO2/c8-7(9,10)4-2-1-3(11)5(12-4)6(13)14/h1-2H,(H,13,14). The molecule has 0 aliphatic carbocycles. The predicted octanol–water partition coefficient (Wildman–Crippen LogP) is 2.40. The molecule has 0 bridgehead atoms. The summed E-state index contributed by atoms with van der Waals surface area (Å²) in [6.07, 6.45) is -4.62. The maximum absolute atomic E-state index is 12.1. The van der Waals surface area contributed by atoms with E-state index in [9.17, 15) is 18.0 Å². The molecule has 0 unspecified atom stereocenters. The van der Waals surface area contributed by atoms with Gasteiger partial charge in [0, 0.05) is 3.57 Å². The van der Waals surface area contributed by atoms with Crippen molar-refractivity contribution in [1.82, 2.24) is 4.98 Å². The number of carbonyl (C=O) groups is 1. The highest BCUT2D eigenvalue weighted by atomic mass is 127. The van der Waals surface area contributed by atoms with E-state index in [1.54, 1.807) is 22.6 Å². The number of hydrogen-bond acceptors (Lipinski definition) is 2. The van der Waals surface area contributed by atoms with Gasteiger partial charge in [0.15, 0.2) is 5.69 Å². The van der Waals surface area contributed by atoms with Crippen molar-refractivity contribution in [2.75, 3.05) is 0 Å². The van der Waals surface area contributed by atoms with E-state index >= 15 is 0 Å². The van der Waals surface area contributed by atoms with Crippen molar-refractivity contribution < 1.29 is 23.1 Å². The van der Waals surface area contributed by atoms with Crippen LogP contribution in [0.4, 0.5) is 13.2 Å². The van der Waals surface area contributed by atoms with Crippen LogP contribution in [-0.2, 0) is 6.18 Å². The molecule has 0 saturated carbocycles. The highest BCUT2D eigenvalue weighted by molar-refractivity contribution is 14.1. The van der Waals surface area contributed by atoms with E-state index in [0.717, 1.165) is 12.1 Å². The maximum Gasteiger partial charge on any atom is 0.433 e. The first-order valence-corrected chi connectivity index (χ1v) is 4.37. The lowest BCUT2D eigenvalue weighted by Gasteiger charge is -2.06. The third kappa shape index (κ3) is 2.34. The first-order valence-electron chi connectivity index (χ1n) is 3.29. The van der Waals surface area contributed by atoms with E-state index < -0.39 is 23.5 Å². The molecule has 3 nitrogen and oxygen atoms in total. The van der Waals surface area contributed by atoms with Gasteiger partial charge >= 0.3 is 12.1 Å². The van der Waals surface area contributed by atoms with Gasteiger partial charge in [-0.1, -0.05) is 0 Å². The minimum atomic E-state index is -4.62. The van der Waals surface area contributed by atoms with E-state index in [2.05, 4.69) is 4.98 Å². The second-order valence-electron chi connectivity index (χ2n) is 2.33. The van der Waals surface area contributed by atoms with E-state index in [4.69, 9.17) is 5.11 Å². The fourth-order valence-electron chi connectivity index (χ4n) is 0.750. The van der Waals surface area contributed by atoms with Crippen LogP contribution in [0.2, 0.25) is 0 Å². The highest BCUT2D eigenvalue weighted by Crippen LogP contribution is 2.28. The Kier molecular flexibility index (Phi) is 2.98. The topological polar surface area (TPSA) is 50.2 Å². The lowest BCUT2D eigenvalue weighted by molar-refractivity contribution is -0.141. The van der Waals surface area contributed by atoms with Crippen molar-refractivity contribution in [3.05, 3.63) is 27.1 Å². The van der Waals surface area contributed by atoms with Crippen LogP contribution in [0, 0.1) is 3.57 Å². The number of pyridine rings is 1. The van der Waals surface area contributed by atoms with Crippen LogP contribution in [-0.4, -0.2) is 16.1 Å². The largest absolute Gasteiger partial charge is 0.476 e. The molecule has 1 N–H and O–H groups in total. The molecule has 0 fully saturated rings. The molecule has 7 heteroatoms. The Labute approximate surface area is 90.1 Å². The van der Waals surface area contributed by atoms with Crippen molar-refractivity contribution in [3.8, 4) is 0 Å². The Hall–Kier alpha value is -0.860. The third-order valence-electron chi connectivity index (χ3n) is 1.34. The summed E-state index contributed by atoms with van der Waals surface area (Å²) >= 11 is 1.61. The van der Waals surface area contributed by atoms with Gasteiger partial charge in [-0.05, 0) is 34.7 Å². The molecule has 0 saturated heterocycles. The monoisotopic (exact) mass is 317 g/mol. The molecule has 1 rings (SSSR count). The second kappa shape index (κ2) is 3.71. The Morgan fingerprint density at radius 1 is 1.43 bits per heavy atom. The number of aromatic carboxylic acids is 1. The maximum atomic E-state index is 12.1. The van der Waals surface area contributed by atoms with Gasteiger partial charge in [0.2, 0.25) is 0 Å². The smallest absolute Gasteiger partial charge is 0.433 e. The third-order valence-corrected chi connectivity index (χ3v) is 2.21. The van der Waals surface area contributed by atoms with Gasteiger partial charge in [-0.2, -0.15) is 13.2 Å². The van der Waals surface area contributed by atoms with E-state index in [0.29, 0.717) is 0 Å². The van der Waals surface area contributed by atoms with Crippen LogP contribution in [0.25, 0.3) is 0 Å². The molecule has 0 aliphatic rings. The predicted molar refractivity (Wildman–Crippen MR) is 48.9 cm³/mol. The van der Waals surface area contributed by atoms with Gasteiger partial charge in [0.25, 0.3) is 0 Å². The highest BCUT2D eigenvalue weighted by Gasteiger charge is 2.33. The van der Waals surface area contributed by atoms with Crippen LogP contribution < -0.4 is 0 Å². The Bertz CT molecular complexity index is 378. The van der Waals surface area contributed by atoms with Gasteiger partial charge in [-0.15, -0.1) is 0 Å². The second-order valence-corrected chi connectivity index (χ2v) is 3.49. The van der Waals surface area contributed by atoms with Crippen molar-refractivity contribution in [1.29, 1.82) is 0 Å². The fourth-order valence-corrected chi connectivity index (χ4v) is 1.28. The molecule has 0 radical (unpaired) electrons. The SMILES string of the molecule is O=C(O)c1nc(C(F)(F)F)ccc1I. The lowest BCUT2D eigenvalue weighted by atomic mass is 10.3. The summed E-state index contributed by atoms with van der Waals surface area (Å²) in [7, 11) is 0. The quantitative estimate of drug-likeness (QED) is 0.809. The fraction of sp³-hybridized carbons (Fsp3) is 0.143. The minimum absolute atomic E-state index is 0.170. The molecule has 76 valence electrons. The summed E-state index contributed by atoms with van der Waals surface area (Å²) in [5, 5.41) is 8.52. The first-order chi connectivity index (χ1) is 6.32. The van der Waals surface area contributed by atoms with Crippen LogP contribution in [0.1, 0.15) is 16.2 Å². The van der Waals surface area contributed by atoms with E-state index in [-0.39, 0.29) is 3.57 Å². The van der Waals surface area contributed by atoms with Gasteiger partial charge in [-0.3, -0.25) is 0 Å². The first kappa shape index (κ1) is 11.2. The average molecular weight is 317 g/mol. The molecule has 0 spiro atoms. The van der Waals surface area contributed by atoms with Crippen LogP contribution in [0.3, 0.4) is 0 Å². The van der Waals surface area contributed by atoms with Crippen molar-refractivity contribution in [2.24, 2.45) is 0 Å². The summed E-state index contributed by atoms with van der Waals surface area (Å²) in [4.78, 5) is 13.5. The van der Waals surface area contributed by atoms with Gasteiger partial charge in [0.05, 0.1) is 0 Å². The summed E-state index contributed by atoms with van der Waals surface area (Å²) in [5.74, 6) is -1.47. The minimum Gasteiger partial charge on any atom is -0.476 e. The molecule has 0 aromatic carbocycles. The number of carboxylic acids is 1. The molecule has 14 heavy (non-hydrogen) atoms. The van der Waals surface area contributed by atoms with Crippen LogP contribution >= 0.6 is 22.6 Å². The van der Waals surface area contributed by atoms with Gasteiger partial charge in [0.1, 0.15) is 5.69 Å².